The second-order valence-corrected chi connectivity index (χ2v) is 7.14. The van der Waals surface area contributed by atoms with Crippen molar-refractivity contribution < 1.29 is 4.79 Å². The number of aromatic amines is 1. The number of aromatic nitrogens is 2. The van der Waals surface area contributed by atoms with Crippen molar-refractivity contribution >= 4 is 33.3 Å². The molecule has 1 heterocycles. The number of carbonyl (C=O) groups is 1. The van der Waals surface area contributed by atoms with Crippen molar-refractivity contribution in [2.24, 2.45) is 0 Å². The summed E-state index contributed by atoms with van der Waals surface area (Å²) in [7, 11) is 0. The van der Waals surface area contributed by atoms with E-state index in [1.807, 2.05) is 19.9 Å². The maximum absolute atomic E-state index is 13.2. The molecule has 0 fully saturated rings. The molecular formula is C19H25BrN4O3. The normalized spacial score (nSPS) is 10.8. The van der Waals surface area contributed by atoms with Gasteiger partial charge in [-0.05, 0) is 40.9 Å². The van der Waals surface area contributed by atoms with E-state index >= 15 is 0 Å². The minimum absolute atomic E-state index is 0.0220. The summed E-state index contributed by atoms with van der Waals surface area (Å²) in [6, 6.07) is 7.01. The van der Waals surface area contributed by atoms with Crippen LogP contribution in [0.15, 0.2) is 38.3 Å². The highest BCUT2D eigenvalue weighted by molar-refractivity contribution is 9.10. The third kappa shape index (κ3) is 4.68. The number of hydrogen-bond donors (Lipinski definition) is 2. The molecule has 2 aromatic rings. The Balaban J connectivity index is 2.60. The van der Waals surface area contributed by atoms with E-state index in [2.05, 4.69) is 20.9 Å². The predicted molar refractivity (Wildman–Crippen MR) is 111 cm³/mol. The number of anilines is 2. The molecule has 3 N–H and O–H groups in total. The molecule has 1 aromatic carbocycles. The van der Waals surface area contributed by atoms with Crippen LogP contribution in [0.4, 0.5) is 11.5 Å². The summed E-state index contributed by atoms with van der Waals surface area (Å²) in [6.07, 6.45) is 3.15. The average molecular weight is 437 g/mol. The van der Waals surface area contributed by atoms with Gasteiger partial charge in [0.2, 0.25) is 0 Å². The maximum Gasteiger partial charge on any atom is 0.330 e. The van der Waals surface area contributed by atoms with Crippen LogP contribution in [-0.2, 0) is 6.54 Å². The van der Waals surface area contributed by atoms with Crippen LogP contribution in [-0.4, -0.2) is 22.0 Å². The minimum Gasteiger partial charge on any atom is -0.383 e. The lowest BCUT2D eigenvalue weighted by Crippen LogP contribution is -2.41. The molecule has 1 aromatic heterocycles. The number of amides is 1. The Hall–Kier alpha value is -2.35. The Morgan fingerprint density at radius 2 is 1.85 bits per heavy atom. The summed E-state index contributed by atoms with van der Waals surface area (Å²) in [5.41, 5.74) is 5.44. The van der Waals surface area contributed by atoms with Gasteiger partial charge in [0.15, 0.2) is 5.69 Å². The van der Waals surface area contributed by atoms with Gasteiger partial charge in [-0.3, -0.25) is 19.1 Å². The molecule has 27 heavy (non-hydrogen) atoms. The molecule has 0 aliphatic heterocycles. The average Bonchev–Trinajstić information content (AvgIpc) is 2.64. The summed E-state index contributed by atoms with van der Waals surface area (Å²) in [4.78, 5) is 41.6. The number of nitrogens with two attached hydrogens (primary N) is 1. The first kappa shape index (κ1) is 21.0. The van der Waals surface area contributed by atoms with Crippen LogP contribution in [0, 0.1) is 0 Å². The first-order chi connectivity index (χ1) is 12.9. The summed E-state index contributed by atoms with van der Waals surface area (Å²) in [6.45, 7) is 4.71. The van der Waals surface area contributed by atoms with Gasteiger partial charge < -0.3 is 10.6 Å². The molecule has 0 radical (unpaired) electrons. The minimum atomic E-state index is -0.651. The number of unbranched alkanes of at least 4 members (excludes halogenated alkanes) is 2. The highest BCUT2D eigenvalue weighted by atomic mass is 79.9. The molecule has 8 heteroatoms. The van der Waals surface area contributed by atoms with Crippen molar-refractivity contribution in [2.75, 3.05) is 17.2 Å². The van der Waals surface area contributed by atoms with E-state index < -0.39 is 11.2 Å². The first-order valence-corrected chi connectivity index (χ1v) is 9.90. The number of hydrogen-bond acceptors (Lipinski definition) is 4. The van der Waals surface area contributed by atoms with E-state index in [-0.39, 0.29) is 17.4 Å². The zero-order chi connectivity index (χ0) is 20.0. The fourth-order valence-electron chi connectivity index (χ4n) is 2.79. The number of H-pyrrole nitrogens is 1. The second kappa shape index (κ2) is 9.55. The summed E-state index contributed by atoms with van der Waals surface area (Å²) in [5.74, 6) is -0.317. The lowest BCUT2D eigenvalue weighted by atomic mass is 10.1. The third-order valence-electron chi connectivity index (χ3n) is 4.30. The smallest absolute Gasteiger partial charge is 0.330 e. The number of benzene rings is 1. The van der Waals surface area contributed by atoms with Gasteiger partial charge in [-0.1, -0.05) is 38.8 Å². The molecule has 0 unspecified atom stereocenters. The molecule has 0 spiro atoms. The number of nitrogens with zero attached hydrogens (tertiary/aromatic N) is 2. The largest absolute Gasteiger partial charge is 0.383 e. The van der Waals surface area contributed by atoms with Crippen LogP contribution < -0.4 is 21.9 Å². The first-order valence-electron chi connectivity index (χ1n) is 9.11. The van der Waals surface area contributed by atoms with Gasteiger partial charge in [-0.2, -0.15) is 0 Å². The topological polar surface area (TPSA) is 101 Å². The van der Waals surface area contributed by atoms with Gasteiger partial charge in [0.25, 0.3) is 11.5 Å². The Kier molecular flexibility index (Phi) is 7.41. The van der Waals surface area contributed by atoms with Crippen LogP contribution in [0.2, 0.25) is 0 Å². The molecule has 0 saturated carbocycles. The fraction of sp³-hybridized carbons (Fsp3) is 0.421. The van der Waals surface area contributed by atoms with E-state index in [9.17, 15) is 14.4 Å². The quantitative estimate of drug-likeness (QED) is 0.663. The van der Waals surface area contributed by atoms with Crippen molar-refractivity contribution in [1.82, 2.24) is 9.55 Å². The molecule has 2 rings (SSSR count). The van der Waals surface area contributed by atoms with Gasteiger partial charge in [0.05, 0.1) is 5.56 Å². The predicted octanol–water partition coefficient (Wildman–Crippen LogP) is 3.13. The van der Waals surface area contributed by atoms with Crippen molar-refractivity contribution in [3.05, 3.63) is 55.1 Å². The molecule has 0 atom stereocenters. The SMILES string of the molecule is CCCCN(C(=O)c1ccccc1Br)c1c(N)n(CCCC)c(=O)[nH]c1=O. The van der Waals surface area contributed by atoms with E-state index in [1.54, 1.807) is 18.2 Å². The number of rotatable bonds is 8. The molecule has 146 valence electrons. The van der Waals surface area contributed by atoms with Crippen molar-refractivity contribution in [3.8, 4) is 0 Å². The van der Waals surface area contributed by atoms with Crippen molar-refractivity contribution in [2.45, 2.75) is 46.1 Å². The molecule has 7 nitrogen and oxygen atoms in total. The van der Waals surface area contributed by atoms with Crippen LogP contribution in [0.3, 0.4) is 0 Å². The van der Waals surface area contributed by atoms with Gasteiger partial charge in [-0.15, -0.1) is 0 Å². The standard InChI is InChI=1S/C19H25BrN4O3/c1-3-5-11-23(18(26)13-9-7-8-10-14(13)20)15-16(21)24(12-6-4-2)19(27)22-17(15)25/h7-10H,3-6,11-12,21H2,1-2H3,(H,22,25,27). The lowest BCUT2D eigenvalue weighted by molar-refractivity contribution is 0.0985. The third-order valence-corrected chi connectivity index (χ3v) is 5.00. The Morgan fingerprint density at radius 3 is 2.48 bits per heavy atom. The van der Waals surface area contributed by atoms with Crippen molar-refractivity contribution in [3.63, 3.8) is 0 Å². The molecule has 0 aliphatic rings. The van der Waals surface area contributed by atoms with Gasteiger partial charge in [-0.25, -0.2) is 4.79 Å². The van der Waals surface area contributed by atoms with E-state index in [0.717, 1.165) is 19.3 Å². The molecule has 0 saturated heterocycles. The van der Waals surface area contributed by atoms with Crippen LogP contribution in [0.25, 0.3) is 0 Å². The molecule has 1 amide bonds. The van der Waals surface area contributed by atoms with E-state index in [0.29, 0.717) is 29.5 Å². The highest BCUT2D eigenvalue weighted by Crippen LogP contribution is 2.24. The van der Waals surface area contributed by atoms with Crippen LogP contribution in [0.1, 0.15) is 49.9 Å². The zero-order valence-electron chi connectivity index (χ0n) is 15.6. The summed E-state index contributed by atoms with van der Waals surface area (Å²) in [5, 5.41) is 0. The summed E-state index contributed by atoms with van der Waals surface area (Å²) < 4.78 is 1.96. The number of nitrogen functional groups attached to an aromatic ring is 1. The Morgan fingerprint density at radius 1 is 1.19 bits per heavy atom. The number of nitrogens with one attached hydrogen (secondary N) is 1. The van der Waals surface area contributed by atoms with E-state index in [4.69, 9.17) is 5.73 Å². The molecular weight excluding hydrogens is 412 g/mol. The molecule has 0 bridgehead atoms. The van der Waals surface area contributed by atoms with Crippen LogP contribution in [0.5, 0.6) is 0 Å². The lowest BCUT2D eigenvalue weighted by Gasteiger charge is -2.25. The zero-order valence-corrected chi connectivity index (χ0v) is 17.2. The van der Waals surface area contributed by atoms with Gasteiger partial charge in [0, 0.05) is 17.6 Å². The number of halogens is 1. The van der Waals surface area contributed by atoms with Crippen LogP contribution >= 0.6 is 15.9 Å². The Labute approximate surface area is 166 Å². The van der Waals surface area contributed by atoms with Crippen molar-refractivity contribution in [1.29, 1.82) is 0 Å². The van der Waals surface area contributed by atoms with Gasteiger partial charge >= 0.3 is 5.69 Å². The van der Waals surface area contributed by atoms with Gasteiger partial charge in [0.1, 0.15) is 5.82 Å². The monoisotopic (exact) mass is 436 g/mol. The number of carbonyl (C=O) groups excluding carboxylic acids is 1. The fourth-order valence-corrected chi connectivity index (χ4v) is 3.24. The van der Waals surface area contributed by atoms with E-state index in [1.165, 1.54) is 9.47 Å². The second-order valence-electron chi connectivity index (χ2n) is 6.29. The summed E-state index contributed by atoms with van der Waals surface area (Å²) >= 11 is 3.38. The molecule has 0 aliphatic carbocycles. The maximum atomic E-state index is 13.2. The Bertz CT molecular complexity index is 920. The highest BCUT2D eigenvalue weighted by Gasteiger charge is 2.25.